The first-order valence-corrected chi connectivity index (χ1v) is 7.01. The second kappa shape index (κ2) is 7.42. The predicted molar refractivity (Wildman–Crippen MR) is 77.8 cm³/mol. The number of hydrogen-bond acceptors (Lipinski definition) is 2. The normalized spacial score (nSPS) is 13.1. The van der Waals surface area contributed by atoms with Crippen LogP contribution in [0.1, 0.15) is 58.6 Å². The van der Waals surface area contributed by atoms with Gasteiger partial charge in [0.25, 0.3) is 0 Å². The Bertz CT molecular complexity index is 347. The van der Waals surface area contributed by atoms with Gasteiger partial charge in [0.2, 0.25) is 0 Å². The van der Waals surface area contributed by atoms with Crippen LogP contribution in [0.25, 0.3) is 0 Å². The molecule has 0 aliphatic carbocycles. The highest BCUT2D eigenvalue weighted by Crippen LogP contribution is 2.23. The van der Waals surface area contributed by atoms with E-state index < -0.39 is 0 Å². The fourth-order valence-corrected chi connectivity index (χ4v) is 2.00. The van der Waals surface area contributed by atoms with Crippen LogP contribution in [0.2, 0.25) is 0 Å². The quantitative estimate of drug-likeness (QED) is 0.782. The predicted octanol–water partition coefficient (Wildman–Crippen LogP) is 4.30. The molecule has 102 valence electrons. The van der Waals surface area contributed by atoms with Gasteiger partial charge in [0.1, 0.15) is 5.75 Å². The van der Waals surface area contributed by atoms with E-state index in [2.05, 4.69) is 26.0 Å². The first-order valence-electron chi connectivity index (χ1n) is 7.01. The highest BCUT2D eigenvalue weighted by molar-refractivity contribution is 5.30. The summed E-state index contributed by atoms with van der Waals surface area (Å²) in [6, 6.07) is 8.30. The van der Waals surface area contributed by atoms with E-state index in [1.807, 2.05) is 26.0 Å². The third-order valence-electron chi connectivity index (χ3n) is 2.95. The summed E-state index contributed by atoms with van der Waals surface area (Å²) in [5.74, 6) is 1.68. The van der Waals surface area contributed by atoms with Crippen LogP contribution in [0.15, 0.2) is 24.3 Å². The number of nitrogens with two attached hydrogens (primary N) is 1. The summed E-state index contributed by atoms with van der Waals surface area (Å²) in [6.07, 6.45) is 3.69. The maximum atomic E-state index is 6.23. The Kier molecular flexibility index (Phi) is 6.20. The average molecular weight is 249 g/mol. The molecule has 0 heterocycles. The third kappa shape index (κ3) is 5.54. The molecule has 1 rings (SSSR count). The van der Waals surface area contributed by atoms with Gasteiger partial charge < -0.3 is 10.5 Å². The fourth-order valence-electron chi connectivity index (χ4n) is 2.00. The second-order valence-corrected chi connectivity index (χ2v) is 5.67. The fraction of sp³-hybridized carbons (Fsp3) is 0.625. The lowest BCUT2D eigenvalue weighted by atomic mass is 9.98. The molecule has 0 saturated heterocycles. The van der Waals surface area contributed by atoms with Crippen molar-refractivity contribution in [2.24, 2.45) is 11.7 Å². The molecule has 18 heavy (non-hydrogen) atoms. The molecule has 0 fully saturated rings. The smallest absolute Gasteiger partial charge is 0.120 e. The Balaban J connectivity index is 2.54. The number of rotatable bonds is 7. The van der Waals surface area contributed by atoms with Crippen LogP contribution < -0.4 is 10.5 Å². The van der Waals surface area contributed by atoms with E-state index in [0.29, 0.717) is 0 Å². The first-order chi connectivity index (χ1) is 8.49. The Morgan fingerprint density at radius 1 is 1.11 bits per heavy atom. The van der Waals surface area contributed by atoms with Gasteiger partial charge in [0, 0.05) is 6.04 Å². The molecule has 2 heteroatoms. The average Bonchev–Trinajstić information content (AvgIpc) is 2.27. The van der Waals surface area contributed by atoms with E-state index in [4.69, 9.17) is 10.5 Å². The molecular weight excluding hydrogens is 222 g/mol. The van der Waals surface area contributed by atoms with Crippen molar-refractivity contribution < 1.29 is 4.74 Å². The Morgan fingerprint density at radius 3 is 2.44 bits per heavy atom. The molecule has 2 N–H and O–H groups in total. The van der Waals surface area contributed by atoms with Crippen LogP contribution >= 0.6 is 0 Å². The number of benzene rings is 1. The Labute approximate surface area is 112 Å². The molecule has 1 aromatic rings. The van der Waals surface area contributed by atoms with E-state index >= 15 is 0 Å². The molecule has 0 aliphatic rings. The van der Waals surface area contributed by atoms with Crippen molar-refractivity contribution in [3.63, 3.8) is 0 Å². The van der Waals surface area contributed by atoms with Gasteiger partial charge in [-0.3, -0.25) is 0 Å². The van der Waals surface area contributed by atoms with Gasteiger partial charge >= 0.3 is 0 Å². The van der Waals surface area contributed by atoms with Gasteiger partial charge in [0.05, 0.1) is 6.10 Å². The van der Waals surface area contributed by atoms with Gasteiger partial charge in [-0.15, -0.1) is 0 Å². The standard InChI is InChI=1S/C16H27NO/c1-12(2)7-5-10-16(17)14-8-6-9-15(11-14)18-13(3)4/h6,8-9,11-13,16H,5,7,10,17H2,1-4H3. The van der Waals surface area contributed by atoms with Crippen molar-refractivity contribution in [3.8, 4) is 5.75 Å². The highest BCUT2D eigenvalue weighted by Gasteiger charge is 2.08. The molecule has 1 unspecified atom stereocenters. The molecule has 1 aromatic carbocycles. The molecule has 0 saturated carbocycles. The SMILES string of the molecule is CC(C)CCCC(N)c1cccc(OC(C)C)c1. The maximum absolute atomic E-state index is 6.23. The minimum atomic E-state index is 0.125. The molecule has 0 amide bonds. The molecule has 2 nitrogen and oxygen atoms in total. The lowest BCUT2D eigenvalue weighted by molar-refractivity contribution is 0.242. The number of ether oxygens (including phenoxy) is 1. The molecule has 0 bridgehead atoms. The minimum absolute atomic E-state index is 0.125. The summed E-state index contributed by atoms with van der Waals surface area (Å²) >= 11 is 0. The minimum Gasteiger partial charge on any atom is -0.491 e. The van der Waals surface area contributed by atoms with Crippen LogP contribution in [-0.4, -0.2) is 6.10 Å². The molecule has 1 atom stereocenters. The van der Waals surface area contributed by atoms with Crippen LogP contribution in [0, 0.1) is 5.92 Å². The van der Waals surface area contributed by atoms with Gasteiger partial charge in [-0.2, -0.15) is 0 Å². The van der Waals surface area contributed by atoms with Crippen molar-refractivity contribution in [2.45, 2.75) is 59.1 Å². The van der Waals surface area contributed by atoms with Crippen molar-refractivity contribution in [1.29, 1.82) is 0 Å². The van der Waals surface area contributed by atoms with Gasteiger partial charge in [-0.05, 0) is 43.9 Å². The summed E-state index contributed by atoms with van der Waals surface area (Å²) in [5, 5.41) is 0. The van der Waals surface area contributed by atoms with Gasteiger partial charge in [-0.25, -0.2) is 0 Å². The van der Waals surface area contributed by atoms with Crippen LogP contribution in [-0.2, 0) is 0 Å². The topological polar surface area (TPSA) is 35.2 Å². The second-order valence-electron chi connectivity index (χ2n) is 5.67. The summed E-state index contributed by atoms with van der Waals surface area (Å²) in [7, 11) is 0. The zero-order valence-corrected chi connectivity index (χ0v) is 12.1. The Hall–Kier alpha value is -1.02. The molecule has 0 aromatic heterocycles. The summed E-state index contributed by atoms with van der Waals surface area (Å²) in [5.41, 5.74) is 7.40. The van der Waals surface area contributed by atoms with Gasteiger partial charge in [-0.1, -0.05) is 38.8 Å². The first kappa shape index (κ1) is 15.0. The van der Waals surface area contributed by atoms with E-state index in [0.717, 1.165) is 18.1 Å². The van der Waals surface area contributed by atoms with Crippen LogP contribution in [0.3, 0.4) is 0 Å². The van der Waals surface area contributed by atoms with Crippen molar-refractivity contribution in [3.05, 3.63) is 29.8 Å². The molecule has 0 aliphatic heterocycles. The van der Waals surface area contributed by atoms with E-state index in [-0.39, 0.29) is 12.1 Å². The monoisotopic (exact) mass is 249 g/mol. The lowest BCUT2D eigenvalue weighted by Gasteiger charge is -2.15. The number of hydrogen-bond donors (Lipinski definition) is 1. The highest BCUT2D eigenvalue weighted by atomic mass is 16.5. The third-order valence-corrected chi connectivity index (χ3v) is 2.95. The van der Waals surface area contributed by atoms with E-state index in [9.17, 15) is 0 Å². The zero-order valence-electron chi connectivity index (χ0n) is 12.1. The van der Waals surface area contributed by atoms with Gasteiger partial charge in [0.15, 0.2) is 0 Å². The van der Waals surface area contributed by atoms with Crippen LogP contribution in [0.5, 0.6) is 5.75 Å². The maximum Gasteiger partial charge on any atom is 0.120 e. The van der Waals surface area contributed by atoms with Crippen molar-refractivity contribution in [2.75, 3.05) is 0 Å². The summed E-state index contributed by atoms with van der Waals surface area (Å²) < 4.78 is 5.69. The molecular formula is C16H27NO. The largest absolute Gasteiger partial charge is 0.491 e. The van der Waals surface area contributed by atoms with E-state index in [1.165, 1.54) is 18.4 Å². The van der Waals surface area contributed by atoms with Crippen molar-refractivity contribution in [1.82, 2.24) is 0 Å². The van der Waals surface area contributed by atoms with E-state index in [1.54, 1.807) is 0 Å². The lowest BCUT2D eigenvalue weighted by Crippen LogP contribution is -2.11. The zero-order chi connectivity index (χ0) is 13.5. The summed E-state index contributed by atoms with van der Waals surface area (Å²) in [6.45, 7) is 8.58. The molecule has 0 radical (unpaired) electrons. The molecule has 0 spiro atoms. The Morgan fingerprint density at radius 2 is 1.83 bits per heavy atom. The van der Waals surface area contributed by atoms with Crippen molar-refractivity contribution >= 4 is 0 Å². The summed E-state index contributed by atoms with van der Waals surface area (Å²) in [4.78, 5) is 0. The van der Waals surface area contributed by atoms with Crippen LogP contribution in [0.4, 0.5) is 0 Å².